The second-order valence-electron chi connectivity index (χ2n) is 4.89. The van der Waals surface area contributed by atoms with E-state index in [2.05, 4.69) is 5.32 Å². The number of rotatable bonds is 4. The molecule has 1 aromatic rings. The number of carbonyl (C=O) groups is 1. The van der Waals surface area contributed by atoms with Crippen molar-refractivity contribution in [3.8, 4) is 0 Å². The molecule has 0 aromatic heterocycles. The molecule has 0 radical (unpaired) electrons. The van der Waals surface area contributed by atoms with E-state index in [1.165, 1.54) is 6.07 Å². The molecule has 2 amide bonds. The second-order valence-corrected chi connectivity index (χ2v) is 4.89. The predicted octanol–water partition coefficient (Wildman–Crippen LogP) is 1.58. The van der Waals surface area contributed by atoms with Crippen LogP contribution in [0.25, 0.3) is 0 Å². The Morgan fingerprint density at radius 2 is 1.86 bits per heavy atom. The molecular weight excluding hydrogens is 299 g/mol. The van der Waals surface area contributed by atoms with Gasteiger partial charge in [0.15, 0.2) is 17.5 Å². The largest absolute Gasteiger partial charge is 0.383 e. The molecule has 0 saturated carbocycles. The van der Waals surface area contributed by atoms with Gasteiger partial charge in [0.05, 0.1) is 12.3 Å². The molecule has 0 atom stereocenters. The van der Waals surface area contributed by atoms with Crippen LogP contribution in [-0.2, 0) is 4.74 Å². The van der Waals surface area contributed by atoms with Crippen LogP contribution in [0.15, 0.2) is 12.1 Å². The van der Waals surface area contributed by atoms with E-state index in [4.69, 9.17) is 4.74 Å². The molecule has 1 N–H and O–H groups in total. The molecule has 0 unspecified atom stereocenters. The molecule has 1 aromatic carbocycles. The predicted molar refractivity (Wildman–Crippen MR) is 75.4 cm³/mol. The number of nitrogens with zero attached hydrogens (tertiary/aromatic N) is 2. The Bertz CT molecular complexity index is 534. The van der Waals surface area contributed by atoms with Crippen molar-refractivity contribution in [3.63, 3.8) is 0 Å². The molecule has 1 fully saturated rings. The number of piperazine rings is 1. The van der Waals surface area contributed by atoms with E-state index in [-0.39, 0.29) is 11.7 Å². The zero-order chi connectivity index (χ0) is 16.1. The molecule has 1 saturated heterocycles. The maximum atomic E-state index is 13.7. The summed E-state index contributed by atoms with van der Waals surface area (Å²) < 4.78 is 44.8. The summed E-state index contributed by atoms with van der Waals surface area (Å²) in [6.45, 7) is 2.27. The maximum Gasteiger partial charge on any atom is 0.317 e. The molecule has 1 heterocycles. The Labute approximate surface area is 126 Å². The number of anilines is 1. The van der Waals surface area contributed by atoms with Gasteiger partial charge < -0.3 is 19.9 Å². The van der Waals surface area contributed by atoms with Crippen LogP contribution in [0.1, 0.15) is 0 Å². The molecule has 0 aliphatic carbocycles. The van der Waals surface area contributed by atoms with E-state index in [1.807, 2.05) is 0 Å². The van der Waals surface area contributed by atoms with Gasteiger partial charge in [-0.1, -0.05) is 0 Å². The van der Waals surface area contributed by atoms with Gasteiger partial charge >= 0.3 is 6.03 Å². The van der Waals surface area contributed by atoms with Crippen molar-refractivity contribution in [1.82, 2.24) is 10.2 Å². The van der Waals surface area contributed by atoms with Crippen LogP contribution in [0, 0.1) is 17.5 Å². The van der Waals surface area contributed by atoms with Crippen LogP contribution in [0.5, 0.6) is 0 Å². The van der Waals surface area contributed by atoms with E-state index in [1.54, 1.807) is 16.9 Å². The van der Waals surface area contributed by atoms with E-state index in [0.29, 0.717) is 39.3 Å². The number of urea groups is 1. The highest BCUT2D eigenvalue weighted by Gasteiger charge is 2.24. The average molecular weight is 317 g/mol. The molecule has 2 rings (SSSR count). The summed E-state index contributed by atoms with van der Waals surface area (Å²) in [6, 6.07) is 1.89. The van der Waals surface area contributed by atoms with Gasteiger partial charge in [-0.25, -0.2) is 18.0 Å². The monoisotopic (exact) mass is 317 g/mol. The Kier molecular flexibility index (Phi) is 5.48. The Hall–Kier alpha value is -1.96. The molecule has 8 heteroatoms. The molecule has 0 spiro atoms. The number of hydrogen-bond acceptors (Lipinski definition) is 3. The molecule has 1 aliphatic rings. The fraction of sp³-hybridized carbons (Fsp3) is 0.500. The Morgan fingerprint density at radius 3 is 2.50 bits per heavy atom. The first-order valence-corrected chi connectivity index (χ1v) is 6.94. The van der Waals surface area contributed by atoms with Crippen LogP contribution >= 0.6 is 0 Å². The highest BCUT2D eigenvalue weighted by atomic mass is 19.2. The Balaban J connectivity index is 1.92. The first-order valence-electron chi connectivity index (χ1n) is 6.94. The van der Waals surface area contributed by atoms with Gasteiger partial charge in [-0.15, -0.1) is 0 Å². The van der Waals surface area contributed by atoms with E-state index < -0.39 is 17.5 Å². The summed E-state index contributed by atoms with van der Waals surface area (Å²) in [4.78, 5) is 15.0. The summed E-state index contributed by atoms with van der Waals surface area (Å²) >= 11 is 0. The standard InChI is InChI=1S/C14H18F3N3O2/c1-22-9-4-18-14(21)20-7-5-19(6-8-20)11-3-2-10(15)12(16)13(11)17/h2-3H,4-9H2,1H3,(H,18,21). The van der Waals surface area contributed by atoms with E-state index in [9.17, 15) is 18.0 Å². The van der Waals surface area contributed by atoms with Gasteiger partial charge in [-0.2, -0.15) is 0 Å². The number of methoxy groups -OCH3 is 1. The van der Waals surface area contributed by atoms with Crippen molar-refractivity contribution in [2.45, 2.75) is 0 Å². The van der Waals surface area contributed by atoms with E-state index >= 15 is 0 Å². The molecule has 0 bridgehead atoms. The van der Waals surface area contributed by atoms with Crippen LogP contribution in [-0.4, -0.2) is 57.4 Å². The minimum Gasteiger partial charge on any atom is -0.383 e. The van der Waals surface area contributed by atoms with Crippen LogP contribution < -0.4 is 10.2 Å². The van der Waals surface area contributed by atoms with E-state index in [0.717, 1.165) is 6.07 Å². The normalized spacial score (nSPS) is 15.1. The summed E-state index contributed by atoms with van der Waals surface area (Å²) in [5, 5.41) is 2.70. The summed E-state index contributed by atoms with van der Waals surface area (Å²) in [7, 11) is 1.54. The third-order valence-electron chi connectivity index (χ3n) is 3.50. The van der Waals surface area contributed by atoms with Crippen molar-refractivity contribution in [2.75, 3.05) is 51.3 Å². The Morgan fingerprint density at radius 1 is 1.18 bits per heavy atom. The van der Waals surface area contributed by atoms with Gasteiger partial charge in [0.1, 0.15) is 0 Å². The quantitative estimate of drug-likeness (QED) is 0.677. The van der Waals surface area contributed by atoms with Crippen molar-refractivity contribution >= 4 is 11.7 Å². The molecule has 1 aliphatic heterocycles. The number of ether oxygens (including phenoxy) is 1. The number of halogens is 3. The SMILES string of the molecule is COCCNC(=O)N1CCN(c2ccc(F)c(F)c2F)CC1. The van der Waals surface area contributed by atoms with Gasteiger partial charge in [-0.05, 0) is 12.1 Å². The van der Waals surface area contributed by atoms with Crippen LogP contribution in [0.4, 0.5) is 23.7 Å². The van der Waals surface area contributed by atoms with Crippen molar-refractivity contribution in [3.05, 3.63) is 29.6 Å². The summed E-state index contributed by atoms with van der Waals surface area (Å²) in [5.41, 5.74) is 0.0124. The lowest BCUT2D eigenvalue weighted by atomic mass is 10.2. The highest BCUT2D eigenvalue weighted by molar-refractivity contribution is 5.74. The van der Waals surface area contributed by atoms with Gasteiger partial charge in [-0.3, -0.25) is 0 Å². The highest BCUT2D eigenvalue weighted by Crippen LogP contribution is 2.24. The first kappa shape index (κ1) is 16.4. The second kappa shape index (κ2) is 7.35. The number of amides is 2. The zero-order valence-corrected chi connectivity index (χ0v) is 12.2. The third-order valence-corrected chi connectivity index (χ3v) is 3.50. The van der Waals surface area contributed by atoms with Crippen molar-refractivity contribution in [2.24, 2.45) is 0 Å². The smallest absolute Gasteiger partial charge is 0.317 e. The summed E-state index contributed by atoms with van der Waals surface area (Å²) in [6.07, 6.45) is 0. The minimum atomic E-state index is -1.47. The van der Waals surface area contributed by atoms with Gasteiger partial charge in [0.25, 0.3) is 0 Å². The molecule has 22 heavy (non-hydrogen) atoms. The fourth-order valence-corrected chi connectivity index (χ4v) is 2.28. The topological polar surface area (TPSA) is 44.8 Å². The fourth-order valence-electron chi connectivity index (χ4n) is 2.28. The number of hydrogen-bond donors (Lipinski definition) is 1. The van der Waals surface area contributed by atoms with Crippen LogP contribution in [0.3, 0.4) is 0 Å². The average Bonchev–Trinajstić information content (AvgIpc) is 2.53. The summed E-state index contributed by atoms with van der Waals surface area (Å²) in [5.74, 6) is -3.88. The molecule has 122 valence electrons. The molecule has 5 nitrogen and oxygen atoms in total. The van der Waals surface area contributed by atoms with Crippen molar-refractivity contribution < 1.29 is 22.7 Å². The maximum absolute atomic E-state index is 13.7. The molecular formula is C14H18F3N3O2. The minimum absolute atomic E-state index is 0.0124. The lowest BCUT2D eigenvalue weighted by Crippen LogP contribution is -2.52. The first-order chi connectivity index (χ1) is 10.5. The van der Waals surface area contributed by atoms with Crippen LogP contribution in [0.2, 0.25) is 0 Å². The van der Waals surface area contributed by atoms with Gasteiger partial charge in [0.2, 0.25) is 0 Å². The third kappa shape index (κ3) is 3.62. The lowest BCUT2D eigenvalue weighted by molar-refractivity contribution is 0.177. The number of benzene rings is 1. The number of nitrogens with one attached hydrogen (secondary N) is 1. The number of carbonyl (C=O) groups excluding carboxylic acids is 1. The zero-order valence-electron chi connectivity index (χ0n) is 12.2. The lowest BCUT2D eigenvalue weighted by Gasteiger charge is -2.36. The van der Waals surface area contributed by atoms with Gasteiger partial charge in [0, 0.05) is 39.8 Å². The van der Waals surface area contributed by atoms with Crippen molar-refractivity contribution in [1.29, 1.82) is 0 Å².